The molecule has 0 aliphatic carbocycles. The van der Waals surface area contributed by atoms with Gasteiger partial charge in [-0.2, -0.15) is 5.10 Å². The maximum Gasteiger partial charge on any atom is 0.341 e. The SMILES string of the molecule is COc1c(C(=O)O)cnc2nn(C)cc12. The minimum atomic E-state index is -1.06. The Hall–Kier alpha value is -2.11. The second-order valence-corrected chi connectivity index (χ2v) is 3.05. The number of methoxy groups -OCH3 is 1. The quantitative estimate of drug-likeness (QED) is 0.783. The van der Waals surface area contributed by atoms with Crippen molar-refractivity contribution in [3.05, 3.63) is 18.0 Å². The summed E-state index contributed by atoms with van der Waals surface area (Å²) in [4.78, 5) is 14.8. The van der Waals surface area contributed by atoms with Crippen molar-refractivity contribution in [2.24, 2.45) is 7.05 Å². The number of hydrogen-bond donors (Lipinski definition) is 1. The number of carbonyl (C=O) groups is 1. The monoisotopic (exact) mass is 207 g/mol. The zero-order chi connectivity index (χ0) is 11.0. The molecule has 2 heterocycles. The molecule has 0 amide bonds. The van der Waals surface area contributed by atoms with Crippen molar-refractivity contribution in [3.8, 4) is 5.75 Å². The number of pyridine rings is 1. The Morgan fingerprint density at radius 2 is 2.33 bits per heavy atom. The smallest absolute Gasteiger partial charge is 0.341 e. The van der Waals surface area contributed by atoms with Gasteiger partial charge in [0.25, 0.3) is 0 Å². The van der Waals surface area contributed by atoms with Crippen molar-refractivity contribution in [3.63, 3.8) is 0 Å². The van der Waals surface area contributed by atoms with Crippen molar-refractivity contribution in [2.75, 3.05) is 7.11 Å². The second kappa shape index (κ2) is 3.23. The zero-order valence-electron chi connectivity index (χ0n) is 8.26. The lowest BCUT2D eigenvalue weighted by Crippen LogP contribution is -2.01. The first kappa shape index (κ1) is 9.45. The molecular weight excluding hydrogens is 198 g/mol. The Bertz CT molecular complexity index is 533. The summed E-state index contributed by atoms with van der Waals surface area (Å²) in [6.45, 7) is 0. The normalized spacial score (nSPS) is 10.5. The Labute approximate surface area is 85.1 Å². The van der Waals surface area contributed by atoms with Crippen LogP contribution < -0.4 is 4.74 Å². The molecule has 6 nitrogen and oxygen atoms in total. The zero-order valence-corrected chi connectivity index (χ0v) is 8.26. The summed E-state index contributed by atoms with van der Waals surface area (Å²) in [6, 6.07) is 0. The molecule has 1 N–H and O–H groups in total. The van der Waals surface area contributed by atoms with E-state index in [0.29, 0.717) is 16.8 Å². The summed E-state index contributed by atoms with van der Waals surface area (Å²) < 4.78 is 6.62. The van der Waals surface area contributed by atoms with Crippen molar-refractivity contribution in [2.45, 2.75) is 0 Å². The van der Waals surface area contributed by atoms with Gasteiger partial charge in [0.1, 0.15) is 11.3 Å². The van der Waals surface area contributed by atoms with Crippen LogP contribution in [0.25, 0.3) is 11.0 Å². The van der Waals surface area contributed by atoms with E-state index < -0.39 is 5.97 Å². The molecule has 0 radical (unpaired) electrons. The van der Waals surface area contributed by atoms with Gasteiger partial charge in [0.05, 0.1) is 12.5 Å². The van der Waals surface area contributed by atoms with Crippen LogP contribution in [-0.4, -0.2) is 33.0 Å². The van der Waals surface area contributed by atoms with Crippen LogP contribution in [0.15, 0.2) is 12.4 Å². The maximum absolute atomic E-state index is 10.9. The van der Waals surface area contributed by atoms with Gasteiger partial charge in [-0.05, 0) is 0 Å². The molecule has 0 saturated heterocycles. The molecule has 0 aliphatic heterocycles. The highest BCUT2D eigenvalue weighted by Crippen LogP contribution is 2.26. The Kier molecular flexibility index (Phi) is 2.03. The number of rotatable bonds is 2. The number of ether oxygens (including phenoxy) is 1. The largest absolute Gasteiger partial charge is 0.495 e. The van der Waals surface area contributed by atoms with Gasteiger partial charge >= 0.3 is 5.97 Å². The van der Waals surface area contributed by atoms with Crippen LogP contribution in [0.2, 0.25) is 0 Å². The average molecular weight is 207 g/mol. The van der Waals surface area contributed by atoms with E-state index in [4.69, 9.17) is 9.84 Å². The molecule has 15 heavy (non-hydrogen) atoms. The molecule has 2 aromatic heterocycles. The van der Waals surface area contributed by atoms with Crippen LogP contribution in [0, 0.1) is 0 Å². The molecule has 2 rings (SSSR count). The number of carboxylic acid groups (broad SMARTS) is 1. The highest BCUT2D eigenvalue weighted by atomic mass is 16.5. The number of aryl methyl sites for hydroxylation is 1. The Balaban J connectivity index is 2.80. The van der Waals surface area contributed by atoms with E-state index in [1.54, 1.807) is 17.9 Å². The number of hydrogen-bond acceptors (Lipinski definition) is 4. The topological polar surface area (TPSA) is 77.2 Å². The lowest BCUT2D eigenvalue weighted by molar-refractivity contribution is 0.0693. The molecule has 0 atom stereocenters. The van der Waals surface area contributed by atoms with E-state index >= 15 is 0 Å². The highest BCUT2D eigenvalue weighted by Gasteiger charge is 2.16. The second-order valence-electron chi connectivity index (χ2n) is 3.05. The predicted molar refractivity (Wildman–Crippen MR) is 52.0 cm³/mol. The third kappa shape index (κ3) is 1.39. The van der Waals surface area contributed by atoms with E-state index in [2.05, 4.69) is 10.1 Å². The van der Waals surface area contributed by atoms with Gasteiger partial charge in [0.2, 0.25) is 0 Å². The summed E-state index contributed by atoms with van der Waals surface area (Å²) in [7, 11) is 3.16. The van der Waals surface area contributed by atoms with Crippen molar-refractivity contribution in [1.82, 2.24) is 14.8 Å². The standard InChI is InChI=1S/C9H9N3O3/c1-12-4-6-7(15-2)5(9(13)14)3-10-8(6)11-12/h3-4H,1-2H3,(H,13,14). The summed E-state index contributed by atoms with van der Waals surface area (Å²) >= 11 is 0. The molecule has 0 spiro atoms. The van der Waals surface area contributed by atoms with Crippen LogP contribution in [0.3, 0.4) is 0 Å². The summed E-state index contributed by atoms with van der Waals surface area (Å²) in [5.74, 6) is -0.772. The molecule has 0 unspecified atom stereocenters. The van der Waals surface area contributed by atoms with Crippen molar-refractivity contribution >= 4 is 17.0 Å². The summed E-state index contributed by atoms with van der Waals surface area (Å²) in [5, 5.41) is 13.6. The third-order valence-corrected chi connectivity index (χ3v) is 2.05. The van der Waals surface area contributed by atoms with Crippen LogP contribution >= 0.6 is 0 Å². The average Bonchev–Trinajstić information content (AvgIpc) is 2.55. The maximum atomic E-state index is 10.9. The van der Waals surface area contributed by atoms with Crippen molar-refractivity contribution in [1.29, 1.82) is 0 Å². The molecule has 0 bridgehead atoms. The van der Waals surface area contributed by atoms with Gasteiger partial charge in [-0.3, -0.25) is 4.68 Å². The van der Waals surface area contributed by atoms with Gasteiger partial charge < -0.3 is 9.84 Å². The fraction of sp³-hybridized carbons (Fsp3) is 0.222. The molecule has 0 aromatic carbocycles. The van der Waals surface area contributed by atoms with Crippen LogP contribution in [0.1, 0.15) is 10.4 Å². The minimum absolute atomic E-state index is 0.0398. The minimum Gasteiger partial charge on any atom is -0.495 e. The number of aromatic nitrogens is 3. The van der Waals surface area contributed by atoms with Crippen LogP contribution in [-0.2, 0) is 7.05 Å². The highest BCUT2D eigenvalue weighted by molar-refractivity contribution is 5.97. The van der Waals surface area contributed by atoms with E-state index in [9.17, 15) is 4.79 Å². The predicted octanol–water partition coefficient (Wildman–Crippen LogP) is 0.675. The van der Waals surface area contributed by atoms with E-state index in [0.717, 1.165) is 0 Å². The molecule has 78 valence electrons. The first-order valence-electron chi connectivity index (χ1n) is 4.23. The lowest BCUT2D eigenvalue weighted by Gasteiger charge is -2.03. The van der Waals surface area contributed by atoms with E-state index in [1.165, 1.54) is 13.3 Å². The molecule has 0 saturated carbocycles. The molecule has 0 fully saturated rings. The molecule has 0 aliphatic rings. The fourth-order valence-corrected chi connectivity index (χ4v) is 1.43. The number of fused-ring (bicyclic) bond motifs is 1. The Morgan fingerprint density at radius 1 is 1.60 bits per heavy atom. The first-order valence-corrected chi connectivity index (χ1v) is 4.23. The summed E-state index contributed by atoms with van der Waals surface area (Å²) in [6.07, 6.45) is 2.92. The lowest BCUT2D eigenvalue weighted by atomic mass is 10.2. The molecule has 6 heteroatoms. The summed E-state index contributed by atoms with van der Waals surface area (Å²) in [5.41, 5.74) is 0.511. The van der Waals surface area contributed by atoms with Crippen LogP contribution in [0.5, 0.6) is 5.75 Å². The first-order chi connectivity index (χ1) is 7.13. The fourth-order valence-electron chi connectivity index (χ4n) is 1.43. The van der Waals surface area contributed by atoms with Gasteiger partial charge in [-0.25, -0.2) is 9.78 Å². The number of nitrogens with zero attached hydrogens (tertiary/aromatic N) is 3. The molecule has 2 aromatic rings. The van der Waals surface area contributed by atoms with Gasteiger partial charge in [0, 0.05) is 19.4 Å². The molecular formula is C9H9N3O3. The third-order valence-electron chi connectivity index (χ3n) is 2.05. The number of aromatic carboxylic acids is 1. The van der Waals surface area contributed by atoms with Gasteiger partial charge in [0.15, 0.2) is 5.65 Å². The van der Waals surface area contributed by atoms with E-state index in [-0.39, 0.29) is 5.56 Å². The Morgan fingerprint density at radius 3 is 2.93 bits per heavy atom. The van der Waals surface area contributed by atoms with Crippen molar-refractivity contribution < 1.29 is 14.6 Å². The van der Waals surface area contributed by atoms with E-state index in [1.807, 2.05) is 0 Å². The number of carboxylic acids is 1. The van der Waals surface area contributed by atoms with Gasteiger partial charge in [-0.1, -0.05) is 0 Å². The van der Waals surface area contributed by atoms with Gasteiger partial charge in [-0.15, -0.1) is 0 Å². The van der Waals surface area contributed by atoms with Crippen LogP contribution in [0.4, 0.5) is 0 Å².